The number of benzene rings is 1. The molecule has 0 saturated heterocycles. The van der Waals surface area contributed by atoms with E-state index in [2.05, 4.69) is 49.1 Å². The second-order valence-electron chi connectivity index (χ2n) is 11.7. The Kier molecular flexibility index (Phi) is 8.59. The van der Waals surface area contributed by atoms with Gasteiger partial charge in [-0.3, -0.25) is 14.7 Å². The van der Waals surface area contributed by atoms with Crippen LogP contribution >= 0.6 is 0 Å². The highest BCUT2D eigenvalue weighted by atomic mass is 28.3. The van der Waals surface area contributed by atoms with Crippen molar-refractivity contribution < 1.29 is 18.8 Å². The average Bonchev–Trinajstić information content (AvgIpc) is 3.10. The molecule has 1 N–H and O–H groups in total. The fraction of sp³-hybridized carbons (Fsp3) is 0.500. The number of carbonyl (C=O) groups is 2. The van der Waals surface area contributed by atoms with Gasteiger partial charge in [0, 0.05) is 5.56 Å². The average molecular weight is 524 g/mol. The number of hydrogen-bond donors (Lipinski definition) is 1. The highest BCUT2D eigenvalue weighted by Crippen LogP contribution is 2.40. The number of carbonyl (C=O) groups excluding carboxylic acids is 2. The van der Waals surface area contributed by atoms with Gasteiger partial charge in [0.25, 0.3) is 0 Å². The number of aromatic nitrogens is 3. The molecule has 1 amide bonds. The normalized spacial score (nSPS) is 13.1. The smallest absolute Gasteiger partial charge is 0.413 e. The van der Waals surface area contributed by atoms with Crippen molar-refractivity contribution >= 4 is 38.3 Å². The van der Waals surface area contributed by atoms with Gasteiger partial charge in [-0.1, -0.05) is 50.6 Å². The van der Waals surface area contributed by atoms with E-state index in [4.69, 9.17) is 9.16 Å². The lowest BCUT2D eigenvalue weighted by atomic mass is 9.90. The quantitative estimate of drug-likeness (QED) is 0.249. The maximum atomic E-state index is 12.7. The first kappa shape index (κ1) is 28.5. The Morgan fingerprint density at radius 1 is 1.11 bits per heavy atom. The minimum Gasteiger partial charge on any atom is -0.444 e. The van der Waals surface area contributed by atoms with E-state index >= 15 is 0 Å². The number of aryl methyl sites for hydroxylation is 1. The van der Waals surface area contributed by atoms with Crippen LogP contribution in [0.4, 0.5) is 10.6 Å². The zero-order chi connectivity index (χ0) is 27.5. The van der Waals surface area contributed by atoms with Gasteiger partial charge in [0.15, 0.2) is 6.29 Å². The molecule has 1 radical (unpaired) electrons. The van der Waals surface area contributed by atoms with Crippen molar-refractivity contribution in [1.29, 1.82) is 0 Å². The molecule has 8 nitrogen and oxygen atoms in total. The molecule has 199 valence electrons. The van der Waals surface area contributed by atoms with Crippen molar-refractivity contribution in [2.24, 2.45) is 5.41 Å². The molecule has 2 aromatic heterocycles. The third-order valence-corrected chi connectivity index (χ3v) is 6.44. The number of nitrogens with zero attached hydrogens (tertiary/aromatic N) is 3. The molecule has 1 aromatic carbocycles. The van der Waals surface area contributed by atoms with Crippen LogP contribution in [0.5, 0.6) is 0 Å². The van der Waals surface area contributed by atoms with Gasteiger partial charge in [0.05, 0.1) is 11.1 Å². The van der Waals surface area contributed by atoms with Crippen LogP contribution in [0.3, 0.4) is 0 Å². The minimum atomic E-state index is -1.12. The lowest BCUT2D eigenvalue weighted by Gasteiger charge is -2.27. The molecule has 3 aromatic rings. The zero-order valence-electron chi connectivity index (χ0n) is 23.4. The number of rotatable bonds is 8. The van der Waals surface area contributed by atoms with E-state index < -0.39 is 27.0 Å². The summed E-state index contributed by atoms with van der Waals surface area (Å²) >= 11 is 0. The fourth-order valence-corrected chi connectivity index (χ4v) is 4.90. The Morgan fingerprint density at radius 2 is 1.76 bits per heavy atom. The molecule has 0 saturated carbocycles. The molecule has 1 unspecified atom stereocenters. The van der Waals surface area contributed by atoms with E-state index in [0.29, 0.717) is 28.7 Å². The Balaban J connectivity index is 2.30. The number of nitrogens with one attached hydrogen (secondary N) is 1. The first-order valence-corrected chi connectivity index (χ1v) is 15.0. The number of anilines is 1. The Labute approximate surface area is 221 Å². The van der Waals surface area contributed by atoms with Gasteiger partial charge < -0.3 is 9.16 Å². The number of ether oxygens (including phenoxy) is 1. The van der Waals surface area contributed by atoms with Gasteiger partial charge in [-0.15, -0.1) is 0 Å². The number of fused-ring (bicyclic) bond motifs is 1. The molecule has 0 aliphatic rings. The molecule has 1 atom stereocenters. The molecule has 0 fully saturated rings. The van der Waals surface area contributed by atoms with Crippen LogP contribution < -0.4 is 5.32 Å². The van der Waals surface area contributed by atoms with Crippen LogP contribution in [-0.4, -0.2) is 41.6 Å². The summed E-state index contributed by atoms with van der Waals surface area (Å²) < 4.78 is 13.8. The van der Waals surface area contributed by atoms with E-state index in [0.717, 1.165) is 23.8 Å². The summed E-state index contributed by atoms with van der Waals surface area (Å²) in [5.74, 6) is 0.282. The van der Waals surface area contributed by atoms with Gasteiger partial charge in [-0.25, -0.2) is 14.8 Å². The van der Waals surface area contributed by atoms with Crippen molar-refractivity contribution in [3.8, 4) is 11.1 Å². The molecule has 0 aliphatic heterocycles. The third kappa shape index (κ3) is 7.26. The Hall–Kier alpha value is -3.04. The first-order valence-electron chi connectivity index (χ1n) is 12.6. The lowest BCUT2D eigenvalue weighted by Crippen LogP contribution is -2.27. The summed E-state index contributed by atoms with van der Waals surface area (Å²) in [6, 6.07) is 7.91. The molecule has 2 heterocycles. The Morgan fingerprint density at radius 3 is 2.30 bits per heavy atom. The summed E-state index contributed by atoms with van der Waals surface area (Å²) in [6.07, 6.45) is 2.81. The highest BCUT2D eigenvalue weighted by molar-refractivity contribution is 6.48. The van der Waals surface area contributed by atoms with Gasteiger partial charge in [-0.2, -0.15) is 0 Å². The van der Waals surface area contributed by atoms with Gasteiger partial charge in [0.1, 0.15) is 29.6 Å². The van der Waals surface area contributed by atoms with Crippen LogP contribution in [0.25, 0.3) is 22.2 Å². The molecule has 37 heavy (non-hydrogen) atoms. The van der Waals surface area contributed by atoms with Crippen molar-refractivity contribution in [3.05, 3.63) is 41.9 Å². The van der Waals surface area contributed by atoms with Crippen LogP contribution in [0.15, 0.2) is 30.6 Å². The monoisotopic (exact) mass is 523 g/mol. The standard InChI is InChI=1S/C28H39N4O4Si/c1-18-10-12-19(13-11-18)22-20(16-33)32(21(36-37(8)9)14-15-27(2,3)4)25-23(22)24(29-17-30-25)31-26(34)35-28(5,6)7/h10-13,16-17,21H,14-15H2,1-9H3,(H,29,30,31,34). The number of aldehydes is 1. The lowest BCUT2D eigenvalue weighted by molar-refractivity contribution is 0.0635. The number of hydrogen-bond acceptors (Lipinski definition) is 6. The predicted molar refractivity (Wildman–Crippen MR) is 149 cm³/mol. The fourth-order valence-electron chi connectivity index (χ4n) is 4.14. The molecule has 9 heteroatoms. The van der Waals surface area contributed by atoms with Gasteiger partial charge in [0.2, 0.25) is 9.04 Å². The van der Waals surface area contributed by atoms with E-state index in [1.54, 1.807) is 20.8 Å². The second-order valence-corrected chi connectivity index (χ2v) is 13.8. The minimum absolute atomic E-state index is 0.0818. The molecular weight excluding hydrogens is 484 g/mol. The highest BCUT2D eigenvalue weighted by Gasteiger charge is 2.29. The van der Waals surface area contributed by atoms with Gasteiger partial charge in [-0.05, 0) is 64.6 Å². The molecule has 0 spiro atoms. The van der Waals surface area contributed by atoms with E-state index in [1.165, 1.54) is 6.33 Å². The molecule has 3 rings (SSSR count). The summed E-state index contributed by atoms with van der Waals surface area (Å²) in [6.45, 7) is 18.1. The van der Waals surface area contributed by atoms with Crippen molar-refractivity contribution in [2.45, 2.75) is 86.2 Å². The van der Waals surface area contributed by atoms with Crippen LogP contribution in [0.1, 0.15) is 76.7 Å². The maximum absolute atomic E-state index is 12.7. The SMILES string of the molecule is Cc1ccc(-c2c(C=O)n(C(CCC(C)(C)C)O[Si](C)C)c3ncnc(NC(=O)OC(C)(C)C)c23)cc1. The Bertz CT molecular complexity index is 1250. The molecule has 0 aliphatic carbocycles. The van der Waals surface area contributed by atoms with Crippen LogP contribution in [-0.2, 0) is 9.16 Å². The summed E-state index contributed by atoms with van der Waals surface area (Å²) in [5, 5.41) is 3.36. The topological polar surface area (TPSA) is 95.3 Å². The van der Waals surface area contributed by atoms with Gasteiger partial charge >= 0.3 is 6.09 Å². The van der Waals surface area contributed by atoms with E-state index in [1.807, 2.05) is 35.8 Å². The molecular formula is C28H39N4O4Si. The number of amides is 1. The maximum Gasteiger partial charge on any atom is 0.413 e. The third-order valence-electron chi connectivity index (χ3n) is 5.69. The predicted octanol–water partition coefficient (Wildman–Crippen LogP) is 7.16. The van der Waals surface area contributed by atoms with E-state index in [9.17, 15) is 9.59 Å². The summed E-state index contributed by atoms with van der Waals surface area (Å²) in [5.41, 5.74) is 2.95. The van der Waals surface area contributed by atoms with Crippen molar-refractivity contribution in [2.75, 3.05) is 5.32 Å². The molecule has 0 bridgehead atoms. The van der Waals surface area contributed by atoms with Crippen molar-refractivity contribution in [3.63, 3.8) is 0 Å². The first-order chi connectivity index (χ1) is 17.2. The van der Waals surface area contributed by atoms with Crippen LogP contribution in [0, 0.1) is 12.3 Å². The zero-order valence-corrected chi connectivity index (χ0v) is 24.4. The van der Waals surface area contributed by atoms with Crippen molar-refractivity contribution in [1.82, 2.24) is 14.5 Å². The summed E-state index contributed by atoms with van der Waals surface area (Å²) in [4.78, 5) is 34.5. The second kappa shape index (κ2) is 11.1. The largest absolute Gasteiger partial charge is 0.444 e. The van der Waals surface area contributed by atoms with E-state index in [-0.39, 0.29) is 11.2 Å². The van der Waals surface area contributed by atoms with Crippen LogP contribution in [0.2, 0.25) is 13.1 Å². The summed E-state index contributed by atoms with van der Waals surface area (Å²) in [7, 11) is -1.12.